The number of anilines is 1. The van der Waals surface area contributed by atoms with Crippen molar-refractivity contribution >= 4 is 28.9 Å². The third kappa shape index (κ3) is 4.67. The largest absolute Gasteiger partial charge is 0.493 e. The van der Waals surface area contributed by atoms with Crippen LogP contribution in [0.1, 0.15) is 20.0 Å². The van der Waals surface area contributed by atoms with E-state index in [1.54, 1.807) is 53.9 Å². The van der Waals surface area contributed by atoms with Crippen LogP contribution in [0.2, 0.25) is 0 Å². The fraction of sp³-hybridized carbons (Fsp3) is 0.143. The summed E-state index contributed by atoms with van der Waals surface area (Å²) in [5.74, 6) is 0.778. The number of thiophene rings is 1. The van der Waals surface area contributed by atoms with E-state index in [1.165, 1.54) is 32.7 Å². The number of benzene rings is 2. The van der Waals surface area contributed by atoms with Gasteiger partial charge in [-0.15, -0.1) is 11.3 Å². The normalized spacial score (nSPS) is 10.2. The maximum Gasteiger partial charge on any atom is 0.353 e. The first-order valence-electron chi connectivity index (χ1n) is 8.52. The van der Waals surface area contributed by atoms with Gasteiger partial charge in [0, 0.05) is 11.3 Å². The summed E-state index contributed by atoms with van der Waals surface area (Å²) in [7, 11) is 4.46. The Kier molecular flexibility index (Phi) is 6.36. The molecule has 150 valence electrons. The summed E-state index contributed by atoms with van der Waals surface area (Å²) in [6.07, 6.45) is 0. The second-order valence-corrected chi connectivity index (χ2v) is 6.71. The molecule has 3 rings (SSSR count). The quantitative estimate of drug-likeness (QED) is 0.461. The Morgan fingerprint density at radius 2 is 1.55 bits per heavy atom. The molecule has 2 aromatic carbocycles. The van der Waals surface area contributed by atoms with Crippen LogP contribution in [0.4, 0.5) is 5.69 Å². The molecule has 7 nitrogen and oxygen atoms in total. The zero-order valence-electron chi connectivity index (χ0n) is 16.1. The molecule has 0 aliphatic rings. The van der Waals surface area contributed by atoms with Gasteiger partial charge in [0.15, 0.2) is 11.5 Å². The van der Waals surface area contributed by atoms with Crippen molar-refractivity contribution in [3.8, 4) is 23.0 Å². The van der Waals surface area contributed by atoms with E-state index in [2.05, 4.69) is 5.32 Å². The lowest BCUT2D eigenvalue weighted by atomic mass is 10.1. The third-order valence-electron chi connectivity index (χ3n) is 3.97. The monoisotopic (exact) mass is 413 g/mol. The molecule has 0 aliphatic heterocycles. The standard InChI is InChI=1S/C21H19NO6S/c1-25-16-11-13(12-17(26-2)19(16)27-3)20(23)22-14-6-8-15(9-7-14)28-21(24)18-5-4-10-29-18/h4-12H,1-3H3,(H,22,23). The lowest BCUT2D eigenvalue weighted by Crippen LogP contribution is -2.12. The number of hydrogen-bond acceptors (Lipinski definition) is 7. The lowest BCUT2D eigenvalue weighted by molar-refractivity contribution is 0.0739. The molecule has 0 unspecified atom stereocenters. The van der Waals surface area contributed by atoms with Crippen molar-refractivity contribution in [3.05, 3.63) is 64.4 Å². The number of carbonyl (C=O) groups excluding carboxylic acids is 2. The zero-order chi connectivity index (χ0) is 20.8. The van der Waals surface area contributed by atoms with Crippen LogP contribution in [-0.4, -0.2) is 33.2 Å². The highest BCUT2D eigenvalue weighted by atomic mass is 32.1. The minimum Gasteiger partial charge on any atom is -0.493 e. The van der Waals surface area contributed by atoms with Gasteiger partial charge in [-0.25, -0.2) is 4.79 Å². The molecule has 0 saturated carbocycles. The van der Waals surface area contributed by atoms with Crippen LogP contribution >= 0.6 is 11.3 Å². The maximum atomic E-state index is 12.6. The Bertz CT molecular complexity index is 974. The van der Waals surface area contributed by atoms with E-state index in [4.69, 9.17) is 18.9 Å². The molecular formula is C21H19NO6S. The predicted molar refractivity (Wildman–Crippen MR) is 110 cm³/mol. The number of hydrogen-bond donors (Lipinski definition) is 1. The molecule has 0 fully saturated rings. The zero-order valence-corrected chi connectivity index (χ0v) is 16.9. The Morgan fingerprint density at radius 3 is 2.07 bits per heavy atom. The molecule has 0 atom stereocenters. The van der Waals surface area contributed by atoms with E-state index in [0.29, 0.717) is 39.1 Å². The van der Waals surface area contributed by atoms with Gasteiger partial charge in [-0.1, -0.05) is 6.07 Å². The van der Waals surface area contributed by atoms with E-state index >= 15 is 0 Å². The van der Waals surface area contributed by atoms with Crippen LogP contribution in [0.25, 0.3) is 0 Å². The maximum absolute atomic E-state index is 12.6. The van der Waals surface area contributed by atoms with Gasteiger partial charge < -0.3 is 24.3 Å². The minimum atomic E-state index is -0.422. The number of esters is 1. The Morgan fingerprint density at radius 1 is 0.897 bits per heavy atom. The van der Waals surface area contributed by atoms with Gasteiger partial charge in [-0.05, 0) is 47.8 Å². The first kappa shape index (κ1) is 20.2. The molecule has 3 aromatic rings. The summed E-state index contributed by atoms with van der Waals surface area (Å²) in [6.45, 7) is 0. The first-order chi connectivity index (χ1) is 14.0. The SMILES string of the molecule is COc1cc(C(=O)Nc2ccc(OC(=O)c3cccs3)cc2)cc(OC)c1OC. The van der Waals surface area contributed by atoms with Crippen LogP contribution < -0.4 is 24.3 Å². The number of carbonyl (C=O) groups is 2. The highest BCUT2D eigenvalue weighted by Gasteiger charge is 2.17. The first-order valence-corrected chi connectivity index (χ1v) is 9.40. The van der Waals surface area contributed by atoms with Crippen LogP contribution in [-0.2, 0) is 0 Å². The van der Waals surface area contributed by atoms with Gasteiger partial charge in [0.25, 0.3) is 5.91 Å². The minimum absolute atomic E-state index is 0.340. The topological polar surface area (TPSA) is 83.1 Å². The van der Waals surface area contributed by atoms with E-state index in [0.717, 1.165) is 0 Å². The van der Waals surface area contributed by atoms with E-state index < -0.39 is 5.97 Å². The van der Waals surface area contributed by atoms with Crippen molar-refractivity contribution in [2.24, 2.45) is 0 Å². The van der Waals surface area contributed by atoms with Crippen molar-refractivity contribution in [1.29, 1.82) is 0 Å². The van der Waals surface area contributed by atoms with E-state index in [1.807, 2.05) is 0 Å². The number of rotatable bonds is 7. The number of nitrogens with one attached hydrogen (secondary N) is 1. The number of methoxy groups -OCH3 is 3. The van der Waals surface area contributed by atoms with Gasteiger partial charge in [-0.2, -0.15) is 0 Å². The predicted octanol–water partition coefficient (Wildman–Crippen LogP) is 4.25. The fourth-order valence-corrected chi connectivity index (χ4v) is 3.17. The van der Waals surface area contributed by atoms with Crippen molar-refractivity contribution < 1.29 is 28.5 Å². The Labute approximate surface area is 171 Å². The second kappa shape index (κ2) is 9.11. The molecule has 1 heterocycles. The summed E-state index contributed by atoms with van der Waals surface area (Å²) in [6, 6.07) is 13.1. The van der Waals surface area contributed by atoms with Crippen molar-refractivity contribution in [2.45, 2.75) is 0 Å². The number of ether oxygens (including phenoxy) is 4. The average Bonchev–Trinajstić information content (AvgIpc) is 3.29. The highest BCUT2D eigenvalue weighted by molar-refractivity contribution is 7.12. The molecule has 1 amide bonds. The second-order valence-electron chi connectivity index (χ2n) is 5.76. The Balaban J connectivity index is 1.71. The third-order valence-corrected chi connectivity index (χ3v) is 4.82. The summed E-state index contributed by atoms with van der Waals surface area (Å²) in [5, 5.41) is 4.58. The highest BCUT2D eigenvalue weighted by Crippen LogP contribution is 2.38. The molecule has 0 bridgehead atoms. The van der Waals surface area contributed by atoms with Gasteiger partial charge in [0.1, 0.15) is 10.6 Å². The molecule has 1 aromatic heterocycles. The van der Waals surface area contributed by atoms with Gasteiger partial charge in [0.2, 0.25) is 5.75 Å². The van der Waals surface area contributed by atoms with Crippen molar-refractivity contribution in [3.63, 3.8) is 0 Å². The molecule has 0 radical (unpaired) electrons. The molecule has 29 heavy (non-hydrogen) atoms. The van der Waals surface area contributed by atoms with Crippen molar-refractivity contribution in [1.82, 2.24) is 0 Å². The van der Waals surface area contributed by atoms with Crippen molar-refractivity contribution in [2.75, 3.05) is 26.6 Å². The summed E-state index contributed by atoms with van der Waals surface area (Å²) >= 11 is 1.31. The van der Waals surface area contributed by atoms with E-state index in [9.17, 15) is 9.59 Å². The lowest BCUT2D eigenvalue weighted by Gasteiger charge is -2.14. The van der Waals surface area contributed by atoms with Gasteiger partial charge in [-0.3, -0.25) is 4.79 Å². The van der Waals surface area contributed by atoms with Crippen LogP contribution in [0, 0.1) is 0 Å². The Hall–Kier alpha value is -3.52. The van der Waals surface area contributed by atoms with Gasteiger partial charge in [0.05, 0.1) is 21.3 Å². The molecule has 0 spiro atoms. The fourth-order valence-electron chi connectivity index (χ4n) is 2.57. The number of amides is 1. The summed E-state index contributed by atoms with van der Waals surface area (Å²) in [5.41, 5.74) is 0.882. The van der Waals surface area contributed by atoms with E-state index in [-0.39, 0.29) is 5.91 Å². The molecule has 8 heteroatoms. The van der Waals surface area contributed by atoms with Crippen LogP contribution in [0.3, 0.4) is 0 Å². The summed E-state index contributed by atoms with van der Waals surface area (Å²) < 4.78 is 21.1. The van der Waals surface area contributed by atoms with Crippen LogP contribution in [0.5, 0.6) is 23.0 Å². The molecule has 1 N–H and O–H groups in total. The van der Waals surface area contributed by atoms with Gasteiger partial charge >= 0.3 is 5.97 Å². The molecular weight excluding hydrogens is 394 g/mol. The smallest absolute Gasteiger partial charge is 0.353 e. The van der Waals surface area contributed by atoms with Crippen LogP contribution in [0.15, 0.2) is 53.9 Å². The average molecular weight is 413 g/mol. The molecule has 0 saturated heterocycles. The summed E-state index contributed by atoms with van der Waals surface area (Å²) in [4.78, 5) is 25.1. The molecule has 0 aliphatic carbocycles.